The lowest BCUT2D eigenvalue weighted by Gasteiger charge is -2.08. The number of hydrogen-bond donors (Lipinski definition) is 1. The van der Waals surface area contributed by atoms with Crippen LogP contribution in [0.1, 0.15) is 19.4 Å². The number of benzene rings is 1. The van der Waals surface area contributed by atoms with Gasteiger partial charge in [-0.25, -0.2) is 0 Å². The molecule has 0 saturated heterocycles. The van der Waals surface area contributed by atoms with Crippen LogP contribution in [0, 0.1) is 12.8 Å². The SMILES string of the molecule is CN.Cc1cccc(OCC(C)C)c1. The predicted octanol–water partition coefficient (Wildman–Crippen LogP) is 2.60. The molecule has 2 heteroatoms. The summed E-state index contributed by atoms with van der Waals surface area (Å²) in [5.74, 6) is 1.56. The average Bonchev–Trinajstić information content (AvgIpc) is 2.18. The maximum atomic E-state index is 5.55. The standard InChI is InChI=1S/C11H16O.CH5N/c1-9(2)8-12-11-6-4-5-10(3)7-11;1-2/h4-7,9H,8H2,1-3H3;2H2,1H3. The number of aryl methyl sites for hydroxylation is 1. The van der Waals surface area contributed by atoms with E-state index in [0.717, 1.165) is 12.4 Å². The Bertz CT molecular complexity index is 246. The van der Waals surface area contributed by atoms with Crippen LogP contribution in [0.5, 0.6) is 5.75 Å². The summed E-state index contributed by atoms with van der Waals surface area (Å²) in [5.41, 5.74) is 5.75. The van der Waals surface area contributed by atoms with Gasteiger partial charge in [0.15, 0.2) is 0 Å². The summed E-state index contributed by atoms with van der Waals surface area (Å²) < 4.78 is 5.55. The van der Waals surface area contributed by atoms with Crippen molar-refractivity contribution in [1.82, 2.24) is 0 Å². The highest BCUT2D eigenvalue weighted by Crippen LogP contribution is 2.12. The minimum atomic E-state index is 0.588. The molecule has 1 rings (SSSR count). The van der Waals surface area contributed by atoms with Crippen LogP contribution in [-0.2, 0) is 0 Å². The normalized spacial score (nSPS) is 9.29. The first-order valence-electron chi connectivity index (χ1n) is 4.95. The van der Waals surface area contributed by atoms with E-state index < -0.39 is 0 Å². The van der Waals surface area contributed by atoms with Crippen molar-refractivity contribution in [3.8, 4) is 5.75 Å². The predicted molar refractivity (Wildman–Crippen MR) is 61.6 cm³/mol. The molecule has 2 nitrogen and oxygen atoms in total. The van der Waals surface area contributed by atoms with Crippen LogP contribution in [0.25, 0.3) is 0 Å². The van der Waals surface area contributed by atoms with E-state index in [1.54, 1.807) is 0 Å². The van der Waals surface area contributed by atoms with Gasteiger partial charge in [0.05, 0.1) is 6.61 Å². The zero-order valence-corrected chi connectivity index (χ0v) is 9.58. The van der Waals surface area contributed by atoms with E-state index in [2.05, 4.69) is 38.6 Å². The molecule has 0 radical (unpaired) electrons. The Morgan fingerprint density at radius 1 is 1.29 bits per heavy atom. The molecule has 0 fully saturated rings. The molecule has 1 aromatic rings. The number of rotatable bonds is 3. The third kappa shape index (κ3) is 5.60. The fourth-order valence-corrected chi connectivity index (χ4v) is 0.968. The number of nitrogens with two attached hydrogens (primary N) is 1. The second-order valence-corrected chi connectivity index (χ2v) is 3.52. The highest BCUT2D eigenvalue weighted by molar-refractivity contribution is 5.27. The molecule has 0 unspecified atom stereocenters. The molecule has 14 heavy (non-hydrogen) atoms. The lowest BCUT2D eigenvalue weighted by molar-refractivity contribution is 0.271. The van der Waals surface area contributed by atoms with Crippen LogP contribution >= 0.6 is 0 Å². The van der Waals surface area contributed by atoms with Gasteiger partial charge in [-0.05, 0) is 37.6 Å². The summed E-state index contributed by atoms with van der Waals surface area (Å²) in [4.78, 5) is 0. The average molecular weight is 195 g/mol. The molecule has 0 aromatic heterocycles. The van der Waals surface area contributed by atoms with Crippen molar-refractivity contribution in [3.63, 3.8) is 0 Å². The zero-order chi connectivity index (χ0) is 11.0. The molecule has 0 amide bonds. The van der Waals surface area contributed by atoms with Gasteiger partial charge in [0.2, 0.25) is 0 Å². The zero-order valence-electron chi connectivity index (χ0n) is 9.58. The lowest BCUT2D eigenvalue weighted by Crippen LogP contribution is -2.04. The third-order valence-electron chi connectivity index (χ3n) is 1.57. The maximum absolute atomic E-state index is 5.55. The first kappa shape index (κ1) is 13.0. The molecule has 0 aliphatic heterocycles. The van der Waals surface area contributed by atoms with Crippen molar-refractivity contribution >= 4 is 0 Å². The third-order valence-corrected chi connectivity index (χ3v) is 1.57. The molecule has 0 bridgehead atoms. The summed E-state index contributed by atoms with van der Waals surface area (Å²) in [7, 11) is 1.50. The fourth-order valence-electron chi connectivity index (χ4n) is 0.968. The second-order valence-electron chi connectivity index (χ2n) is 3.52. The van der Waals surface area contributed by atoms with Crippen molar-refractivity contribution in [2.75, 3.05) is 13.7 Å². The van der Waals surface area contributed by atoms with Crippen molar-refractivity contribution in [2.45, 2.75) is 20.8 Å². The Hall–Kier alpha value is -1.02. The molecule has 0 atom stereocenters. The molecule has 0 heterocycles. The summed E-state index contributed by atoms with van der Waals surface area (Å²) in [6.07, 6.45) is 0. The summed E-state index contributed by atoms with van der Waals surface area (Å²) >= 11 is 0. The van der Waals surface area contributed by atoms with Gasteiger partial charge in [0, 0.05) is 0 Å². The van der Waals surface area contributed by atoms with Gasteiger partial charge in [0.25, 0.3) is 0 Å². The fraction of sp³-hybridized carbons (Fsp3) is 0.500. The Morgan fingerprint density at radius 3 is 2.43 bits per heavy atom. The van der Waals surface area contributed by atoms with Gasteiger partial charge in [-0.1, -0.05) is 26.0 Å². The van der Waals surface area contributed by atoms with E-state index in [0.29, 0.717) is 5.92 Å². The smallest absolute Gasteiger partial charge is 0.119 e. The Balaban J connectivity index is 0.000000791. The van der Waals surface area contributed by atoms with Crippen molar-refractivity contribution in [2.24, 2.45) is 11.7 Å². The summed E-state index contributed by atoms with van der Waals surface area (Å²) in [6.45, 7) is 7.16. The molecular weight excluding hydrogens is 174 g/mol. The van der Waals surface area contributed by atoms with Crippen LogP contribution in [0.3, 0.4) is 0 Å². The Labute approximate surface area is 87.1 Å². The van der Waals surface area contributed by atoms with E-state index >= 15 is 0 Å². The lowest BCUT2D eigenvalue weighted by atomic mass is 10.2. The second kappa shape index (κ2) is 7.39. The van der Waals surface area contributed by atoms with Gasteiger partial charge < -0.3 is 10.5 Å². The van der Waals surface area contributed by atoms with Crippen LogP contribution in [0.4, 0.5) is 0 Å². The van der Waals surface area contributed by atoms with E-state index in [-0.39, 0.29) is 0 Å². The van der Waals surface area contributed by atoms with Gasteiger partial charge >= 0.3 is 0 Å². The van der Waals surface area contributed by atoms with Crippen LogP contribution in [0.15, 0.2) is 24.3 Å². The minimum absolute atomic E-state index is 0.588. The molecule has 0 spiro atoms. The van der Waals surface area contributed by atoms with Crippen molar-refractivity contribution < 1.29 is 4.74 Å². The van der Waals surface area contributed by atoms with Gasteiger partial charge in [-0.3, -0.25) is 0 Å². The molecule has 1 aromatic carbocycles. The Morgan fingerprint density at radius 2 is 1.93 bits per heavy atom. The van der Waals surface area contributed by atoms with E-state index in [4.69, 9.17) is 4.74 Å². The van der Waals surface area contributed by atoms with Gasteiger partial charge in [-0.2, -0.15) is 0 Å². The first-order valence-corrected chi connectivity index (χ1v) is 4.95. The Kier molecular flexibility index (Phi) is 6.85. The summed E-state index contributed by atoms with van der Waals surface area (Å²) in [5, 5.41) is 0. The van der Waals surface area contributed by atoms with Crippen LogP contribution in [-0.4, -0.2) is 13.7 Å². The quantitative estimate of drug-likeness (QED) is 0.804. The first-order chi connectivity index (χ1) is 6.68. The monoisotopic (exact) mass is 195 g/mol. The largest absolute Gasteiger partial charge is 0.493 e. The van der Waals surface area contributed by atoms with E-state index in [9.17, 15) is 0 Å². The molecule has 0 aliphatic rings. The molecule has 2 N–H and O–H groups in total. The maximum Gasteiger partial charge on any atom is 0.119 e. The summed E-state index contributed by atoms with van der Waals surface area (Å²) in [6, 6.07) is 8.14. The van der Waals surface area contributed by atoms with Gasteiger partial charge in [-0.15, -0.1) is 0 Å². The van der Waals surface area contributed by atoms with E-state index in [1.165, 1.54) is 12.6 Å². The number of ether oxygens (including phenoxy) is 1. The number of hydrogen-bond acceptors (Lipinski definition) is 2. The van der Waals surface area contributed by atoms with Crippen molar-refractivity contribution in [1.29, 1.82) is 0 Å². The van der Waals surface area contributed by atoms with Gasteiger partial charge in [0.1, 0.15) is 5.75 Å². The molecule has 0 aliphatic carbocycles. The molecular formula is C12H21NO. The molecule has 0 saturated carbocycles. The van der Waals surface area contributed by atoms with E-state index in [1.807, 2.05) is 12.1 Å². The van der Waals surface area contributed by atoms with Crippen LogP contribution < -0.4 is 10.5 Å². The molecule has 80 valence electrons. The highest BCUT2D eigenvalue weighted by atomic mass is 16.5. The topological polar surface area (TPSA) is 35.2 Å². The van der Waals surface area contributed by atoms with Crippen LogP contribution in [0.2, 0.25) is 0 Å². The minimum Gasteiger partial charge on any atom is -0.493 e. The van der Waals surface area contributed by atoms with Crippen molar-refractivity contribution in [3.05, 3.63) is 29.8 Å². The highest BCUT2D eigenvalue weighted by Gasteiger charge is 1.95.